The highest BCUT2D eigenvalue weighted by Crippen LogP contribution is 2.22. The van der Waals surface area contributed by atoms with Crippen LogP contribution in [0.2, 0.25) is 5.02 Å². The number of likely N-dealkylation sites (N-methyl/N-ethyl adjacent to an activating group) is 1. The molecule has 0 aliphatic rings. The summed E-state index contributed by atoms with van der Waals surface area (Å²) in [7, 11) is 6.70. The Morgan fingerprint density at radius 1 is 0.968 bits per heavy atom. The van der Waals surface area contributed by atoms with E-state index in [-0.39, 0.29) is 12.5 Å². The molecule has 2 rings (SSSR count). The smallest absolute Gasteiger partial charge is 0.243 e. The first-order chi connectivity index (χ1) is 14.9. The predicted molar refractivity (Wildman–Crippen MR) is 125 cm³/mol. The number of aliphatic imine (C=N–C) groups is 1. The van der Waals surface area contributed by atoms with Crippen molar-refractivity contribution in [1.82, 2.24) is 15.5 Å². The molecule has 8 heteroatoms. The van der Waals surface area contributed by atoms with E-state index in [0.717, 1.165) is 23.5 Å². The third kappa shape index (κ3) is 8.38. The first kappa shape index (κ1) is 24.3. The molecule has 0 saturated heterocycles. The Labute approximate surface area is 189 Å². The minimum absolute atomic E-state index is 0.0607. The lowest BCUT2D eigenvalue weighted by Crippen LogP contribution is -2.40. The second-order valence-corrected chi connectivity index (χ2v) is 7.52. The van der Waals surface area contributed by atoms with Gasteiger partial charge in [0.1, 0.15) is 18.0 Å². The maximum atomic E-state index is 11.9. The van der Waals surface area contributed by atoms with E-state index in [1.165, 1.54) is 10.5 Å². The number of guanidine groups is 1. The minimum Gasteiger partial charge on any atom is -0.497 e. The number of carbonyl (C=O) groups is 1. The van der Waals surface area contributed by atoms with Gasteiger partial charge in [0.2, 0.25) is 5.91 Å². The standard InChI is InChI=1S/C23H31ClN4O3/c1-28(2)22(29)16-27-23(25-13-11-17-5-8-19(30-3)9-6-17)26-14-12-18-7-10-20(31-4)15-21(18)24/h5-10,15H,11-14,16H2,1-4H3,(H2,25,26,27). The molecule has 0 bridgehead atoms. The van der Waals surface area contributed by atoms with Crippen LogP contribution in [0.15, 0.2) is 47.5 Å². The summed E-state index contributed by atoms with van der Waals surface area (Å²) in [5.74, 6) is 2.09. The molecule has 2 aromatic carbocycles. The van der Waals surface area contributed by atoms with Gasteiger partial charge >= 0.3 is 0 Å². The highest BCUT2D eigenvalue weighted by atomic mass is 35.5. The summed E-state index contributed by atoms with van der Waals surface area (Å²) in [5, 5.41) is 7.24. The van der Waals surface area contributed by atoms with Gasteiger partial charge in [-0.05, 0) is 48.2 Å². The fourth-order valence-electron chi connectivity index (χ4n) is 2.75. The molecular weight excluding hydrogens is 416 g/mol. The first-order valence-corrected chi connectivity index (χ1v) is 10.5. The number of halogens is 1. The van der Waals surface area contributed by atoms with Crippen molar-refractivity contribution in [3.05, 3.63) is 58.6 Å². The summed E-state index contributed by atoms with van der Waals surface area (Å²) < 4.78 is 10.4. The van der Waals surface area contributed by atoms with Crippen LogP contribution in [0, 0.1) is 0 Å². The van der Waals surface area contributed by atoms with Crippen molar-refractivity contribution in [3.8, 4) is 11.5 Å². The molecule has 7 nitrogen and oxygen atoms in total. The summed E-state index contributed by atoms with van der Waals surface area (Å²) in [6.07, 6.45) is 1.53. The van der Waals surface area contributed by atoms with Crippen LogP contribution >= 0.6 is 11.6 Å². The van der Waals surface area contributed by atoms with E-state index >= 15 is 0 Å². The molecular formula is C23H31ClN4O3. The van der Waals surface area contributed by atoms with E-state index in [4.69, 9.17) is 21.1 Å². The van der Waals surface area contributed by atoms with Crippen LogP contribution in [0.1, 0.15) is 11.1 Å². The fraction of sp³-hybridized carbons (Fsp3) is 0.391. The van der Waals surface area contributed by atoms with Crippen LogP contribution < -0.4 is 20.1 Å². The molecule has 0 aliphatic heterocycles. The molecule has 0 saturated carbocycles. The van der Waals surface area contributed by atoms with Crippen molar-refractivity contribution in [2.24, 2.45) is 4.99 Å². The number of nitrogens with one attached hydrogen (secondary N) is 2. The summed E-state index contributed by atoms with van der Waals surface area (Å²) >= 11 is 6.32. The topological polar surface area (TPSA) is 75.2 Å². The Kier molecular flexibility index (Phi) is 9.97. The number of nitrogens with zero attached hydrogens (tertiary/aromatic N) is 2. The lowest BCUT2D eigenvalue weighted by atomic mass is 10.1. The summed E-state index contributed by atoms with van der Waals surface area (Å²) in [4.78, 5) is 17.9. The first-order valence-electron chi connectivity index (χ1n) is 10.1. The minimum atomic E-state index is -0.0607. The van der Waals surface area contributed by atoms with E-state index in [1.807, 2.05) is 36.4 Å². The number of hydrogen-bond donors (Lipinski definition) is 2. The average molecular weight is 447 g/mol. The van der Waals surface area contributed by atoms with Crippen LogP contribution in [0.5, 0.6) is 11.5 Å². The van der Waals surface area contributed by atoms with E-state index in [1.54, 1.807) is 34.4 Å². The van der Waals surface area contributed by atoms with Gasteiger partial charge in [-0.25, -0.2) is 4.99 Å². The van der Waals surface area contributed by atoms with Crippen molar-refractivity contribution in [2.45, 2.75) is 12.8 Å². The zero-order chi connectivity index (χ0) is 22.6. The zero-order valence-corrected chi connectivity index (χ0v) is 19.3. The van der Waals surface area contributed by atoms with E-state index < -0.39 is 0 Å². The number of hydrogen-bond acceptors (Lipinski definition) is 4. The molecule has 0 radical (unpaired) electrons. The van der Waals surface area contributed by atoms with Crippen molar-refractivity contribution < 1.29 is 14.3 Å². The van der Waals surface area contributed by atoms with Gasteiger partial charge in [-0.1, -0.05) is 29.8 Å². The number of benzene rings is 2. The molecule has 2 N–H and O–H groups in total. The number of amides is 1. The number of rotatable bonds is 10. The Morgan fingerprint density at radius 3 is 2.16 bits per heavy atom. The molecule has 2 aromatic rings. The Hall–Kier alpha value is -2.93. The van der Waals surface area contributed by atoms with Gasteiger partial charge in [0.25, 0.3) is 0 Å². The molecule has 0 fully saturated rings. The van der Waals surface area contributed by atoms with Crippen molar-refractivity contribution in [1.29, 1.82) is 0 Å². The zero-order valence-electron chi connectivity index (χ0n) is 18.6. The Morgan fingerprint density at radius 2 is 1.58 bits per heavy atom. The molecule has 0 aromatic heterocycles. The van der Waals surface area contributed by atoms with Gasteiger partial charge in [0, 0.05) is 32.2 Å². The molecule has 0 aliphatic carbocycles. The largest absolute Gasteiger partial charge is 0.497 e. The highest BCUT2D eigenvalue weighted by molar-refractivity contribution is 6.31. The van der Waals surface area contributed by atoms with Crippen molar-refractivity contribution >= 4 is 23.5 Å². The maximum absolute atomic E-state index is 11.9. The van der Waals surface area contributed by atoms with Crippen LogP contribution in [0.4, 0.5) is 0 Å². The van der Waals surface area contributed by atoms with Crippen LogP contribution in [0.3, 0.4) is 0 Å². The van der Waals surface area contributed by atoms with Crippen molar-refractivity contribution in [2.75, 3.05) is 47.9 Å². The van der Waals surface area contributed by atoms with Gasteiger partial charge in [0.15, 0.2) is 5.96 Å². The van der Waals surface area contributed by atoms with Gasteiger partial charge in [-0.3, -0.25) is 4.79 Å². The third-order valence-corrected chi connectivity index (χ3v) is 5.04. The quantitative estimate of drug-likeness (QED) is 0.433. The van der Waals surface area contributed by atoms with Crippen LogP contribution in [0.25, 0.3) is 0 Å². The Bertz CT molecular complexity index is 870. The number of methoxy groups -OCH3 is 2. The third-order valence-electron chi connectivity index (χ3n) is 4.68. The summed E-state index contributed by atoms with van der Waals surface area (Å²) in [6.45, 7) is 1.38. The predicted octanol–water partition coefficient (Wildman–Crippen LogP) is 2.77. The molecule has 31 heavy (non-hydrogen) atoms. The van der Waals surface area contributed by atoms with Crippen molar-refractivity contribution in [3.63, 3.8) is 0 Å². The van der Waals surface area contributed by atoms with Gasteiger partial charge in [0.05, 0.1) is 14.2 Å². The summed E-state index contributed by atoms with van der Waals surface area (Å²) in [5.41, 5.74) is 2.19. The second-order valence-electron chi connectivity index (χ2n) is 7.11. The van der Waals surface area contributed by atoms with Gasteiger partial charge in [-0.15, -0.1) is 0 Å². The maximum Gasteiger partial charge on any atom is 0.243 e. The number of carbonyl (C=O) groups excluding carboxylic acids is 1. The second kappa shape index (κ2) is 12.7. The Balaban J connectivity index is 1.92. The number of ether oxygens (including phenoxy) is 2. The fourth-order valence-corrected chi connectivity index (χ4v) is 3.02. The van der Waals surface area contributed by atoms with E-state index in [2.05, 4.69) is 15.6 Å². The lowest BCUT2D eigenvalue weighted by Gasteiger charge is -2.14. The van der Waals surface area contributed by atoms with Gasteiger partial charge in [-0.2, -0.15) is 0 Å². The monoisotopic (exact) mass is 446 g/mol. The molecule has 1 amide bonds. The van der Waals surface area contributed by atoms with Crippen LogP contribution in [-0.2, 0) is 17.6 Å². The lowest BCUT2D eigenvalue weighted by molar-refractivity contribution is -0.127. The molecule has 0 atom stereocenters. The molecule has 0 spiro atoms. The van der Waals surface area contributed by atoms with Gasteiger partial charge < -0.3 is 25.0 Å². The molecule has 0 unspecified atom stereocenters. The van der Waals surface area contributed by atoms with E-state index in [9.17, 15) is 4.79 Å². The average Bonchev–Trinajstić information content (AvgIpc) is 2.78. The normalized spacial score (nSPS) is 11.1. The molecule has 0 heterocycles. The summed E-state index contributed by atoms with van der Waals surface area (Å²) in [6, 6.07) is 13.6. The SMILES string of the molecule is COc1ccc(CCNC(=NCC(=O)N(C)C)NCCc2ccc(OC)cc2Cl)cc1. The molecule has 168 valence electrons. The van der Waals surface area contributed by atoms with E-state index in [0.29, 0.717) is 30.5 Å². The highest BCUT2D eigenvalue weighted by Gasteiger charge is 2.06. The van der Waals surface area contributed by atoms with Crippen LogP contribution in [-0.4, -0.2) is 64.7 Å².